The molecule has 0 aliphatic rings. The molecule has 22 heavy (non-hydrogen) atoms. The zero-order valence-electron chi connectivity index (χ0n) is 12.6. The van der Waals surface area contributed by atoms with Gasteiger partial charge in [0.25, 0.3) is 11.6 Å². The van der Waals surface area contributed by atoms with E-state index in [0.29, 0.717) is 5.75 Å². The lowest BCUT2D eigenvalue weighted by molar-refractivity contribution is -0.384. The maximum absolute atomic E-state index is 12.3. The van der Waals surface area contributed by atoms with Crippen LogP contribution in [0, 0.1) is 10.1 Å². The van der Waals surface area contributed by atoms with Crippen molar-refractivity contribution in [1.29, 1.82) is 0 Å². The number of para-hydroxylation sites is 1. The van der Waals surface area contributed by atoms with Crippen LogP contribution in [0.15, 0.2) is 36.5 Å². The summed E-state index contributed by atoms with van der Waals surface area (Å²) in [5, 5.41) is 13.6. The minimum absolute atomic E-state index is 0.113. The minimum Gasteiger partial charge on any atom is -0.496 e. The topological polar surface area (TPSA) is 86.4 Å². The highest BCUT2D eigenvalue weighted by Crippen LogP contribution is 2.25. The lowest BCUT2D eigenvalue weighted by Gasteiger charge is -2.17. The average molecular weight is 303 g/mol. The zero-order valence-corrected chi connectivity index (χ0v) is 12.6. The Hall–Kier alpha value is -2.83. The lowest BCUT2D eigenvalue weighted by Crippen LogP contribution is -2.28. The molecule has 0 spiro atoms. The molecule has 1 aromatic carbocycles. The van der Waals surface area contributed by atoms with E-state index in [1.54, 1.807) is 14.2 Å². The van der Waals surface area contributed by atoms with Crippen molar-refractivity contribution in [3.63, 3.8) is 0 Å². The number of aryl methyl sites for hydroxylation is 1. The van der Waals surface area contributed by atoms with E-state index in [4.69, 9.17) is 4.74 Å². The number of nitrogens with zero attached hydrogens (tertiary/aromatic N) is 2. The van der Waals surface area contributed by atoms with E-state index in [0.717, 1.165) is 5.56 Å². The molecule has 1 atom stereocenters. The maximum atomic E-state index is 12.3. The Bertz CT molecular complexity index is 709. The molecule has 0 aliphatic heterocycles. The molecular weight excluding hydrogens is 286 g/mol. The summed E-state index contributed by atoms with van der Waals surface area (Å²) in [5.41, 5.74) is 0.952. The molecule has 1 aromatic heterocycles. The van der Waals surface area contributed by atoms with Gasteiger partial charge in [-0.15, -0.1) is 0 Å². The van der Waals surface area contributed by atoms with Crippen LogP contribution in [0.4, 0.5) is 5.69 Å². The zero-order chi connectivity index (χ0) is 16.3. The summed E-state index contributed by atoms with van der Waals surface area (Å²) < 4.78 is 6.70. The summed E-state index contributed by atoms with van der Waals surface area (Å²) in [6, 6.07) is 8.33. The van der Waals surface area contributed by atoms with E-state index in [1.165, 1.54) is 16.8 Å². The average Bonchev–Trinajstić information content (AvgIpc) is 2.89. The van der Waals surface area contributed by atoms with Crippen molar-refractivity contribution >= 4 is 11.6 Å². The molecule has 0 aliphatic carbocycles. The van der Waals surface area contributed by atoms with Crippen LogP contribution in [0.5, 0.6) is 5.75 Å². The number of hydrogen-bond acceptors (Lipinski definition) is 4. The molecule has 1 unspecified atom stereocenters. The fourth-order valence-electron chi connectivity index (χ4n) is 2.25. The number of carbonyl (C=O) groups excluding carboxylic acids is 1. The third-order valence-electron chi connectivity index (χ3n) is 3.39. The van der Waals surface area contributed by atoms with E-state index in [1.807, 2.05) is 31.2 Å². The highest BCUT2D eigenvalue weighted by molar-refractivity contribution is 5.93. The Morgan fingerprint density at radius 3 is 2.68 bits per heavy atom. The third-order valence-corrected chi connectivity index (χ3v) is 3.39. The molecule has 0 saturated heterocycles. The van der Waals surface area contributed by atoms with Gasteiger partial charge in [-0.2, -0.15) is 0 Å². The first-order valence-corrected chi connectivity index (χ1v) is 6.68. The molecule has 116 valence electrons. The fraction of sp³-hybridized carbons (Fsp3) is 0.267. The Morgan fingerprint density at radius 2 is 2.09 bits per heavy atom. The van der Waals surface area contributed by atoms with Gasteiger partial charge in [0.1, 0.15) is 11.4 Å². The molecule has 1 N–H and O–H groups in total. The Morgan fingerprint density at radius 1 is 1.41 bits per heavy atom. The number of ether oxygens (including phenoxy) is 1. The van der Waals surface area contributed by atoms with Crippen LogP contribution in [-0.4, -0.2) is 22.5 Å². The van der Waals surface area contributed by atoms with Crippen molar-refractivity contribution in [2.75, 3.05) is 7.11 Å². The van der Waals surface area contributed by atoms with Gasteiger partial charge < -0.3 is 14.6 Å². The van der Waals surface area contributed by atoms with Crippen molar-refractivity contribution in [2.45, 2.75) is 13.0 Å². The molecule has 0 saturated carbocycles. The van der Waals surface area contributed by atoms with E-state index in [2.05, 4.69) is 5.32 Å². The van der Waals surface area contributed by atoms with Gasteiger partial charge in [-0.1, -0.05) is 18.2 Å². The van der Waals surface area contributed by atoms with Crippen LogP contribution in [-0.2, 0) is 7.05 Å². The Kier molecular flexibility index (Phi) is 4.45. The van der Waals surface area contributed by atoms with Crippen molar-refractivity contribution in [3.8, 4) is 5.75 Å². The molecule has 2 aromatic rings. The maximum Gasteiger partial charge on any atom is 0.287 e. The molecule has 0 bridgehead atoms. The summed E-state index contributed by atoms with van der Waals surface area (Å²) in [6.45, 7) is 1.83. The smallest absolute Gasteiger partial charge is 0.287 e. The number of methoxy groups -OCH3 is 1. The van der Waals surface area contributed by atoms with Crippen molar-refractivity contribution in [3.05, 3.63) is 57.9 Å². The second-order valence-corrected chi connectivity index (χ2v) is 4.89. The van der Waals surface area contributed by atoms with Crippen LogP contribution >= 0.6 is 0 Å². The van der Waals surface area contributed by atoms with Crippen LogP contribution < -0.4 is 10.1 Å². The quantitative estimate of drug-likeness (QED) is 0.679. The standard InChI is InChI=1S/C15H17N3O4/c1-10(12-6-4-5-7-14(12)22-3)16-15(19)13-8-11(18(20)21)9-17(13)2/h4-10H,1-3H3,(H,16,19). The number of amides is 1. The lowest BCUT2D eigenvalue weighted by atomic mass is 10.1. The van der Waals surface area contributed by atoms with Gasteiger partial charge in [0.2, 0.25) is 0 Å². The molecule has 1 amide bonds. The minimum atomic E-state index is -0.527. The summed E-state index contributed by atoms with van der Waals surface area (Å²) in [4.78, 5) is 22.5. The SMILES string of the molecule is COc1ccccc1C(C)NC(=O)c1cc([N+](=O)[O-])cn1C. The largest absolute Gasteiger partial charge is 0.496 e. The van der Waals surface area contributed by atoms with E-state index in [9.17, 15) is 14.9 Å². The first-order valence-electron chi connectivity index (χ1n) is 6.68. The highest BCUT2D eigenvalue weighted by Gasteiger charge is 2.20. The first kappa shape index (κ1) is 15.6. The van der Waals surface area contributed by atoms with E-state index >= 15 is 0 Å². The molecule has 0 fully saturated rings. The molecule has 1 heterocycles. The van der Waals surface area contributed by atoms with Crippen LogP contribution in [0.1, 0.15) is 29.0 Å². The van der Waals surface area contributed by atoms with Gasteiger partial charge in [-0.05, 0) is 13.0 Å². The van der Waals surface area contributed by atoms with Crippen LogP contribution in [0.2, 0.25) is 0 Å². The van der Waals surface area contributed by atoms with Gasteiger partial charge in [0.15, 0.2) is 0 Å². The highest BCUT2D eigenvalue weighted by atomic mass is 16.6. The Labute approximate surface area is 127 Å². The monoisotopic (exact) mass is 303 g/mol. The number of benzene rings is 1. The second-order valence-electron chi connectivity index (χ2n) is 4.89. The number of hydrogen-bond donors (Lipinski definition) is 1. The molecular formula is C15H17N3O4. The molecule has 2 rings (SSSR count). The van der Waals surface area contributed by atoms with Crippen LogP contribution in [0.3, 0.4) is 0 Å². The summed E-state index contributed by atoms with van der Waals surface area (Å²) in [5.74, 6) is 0.294. The Balaban J connectivity index is 2.19. The summed E-state index contributed by atoms with van der Waals surface area (Å²) >= 11 is 0. The predicted octanol–water partition coefficient (Wildman–Crippen LogP) is 2.43. The predicted molar refractivity (Wildman–Crippen MR) is 80.9 cm³/mol. The van der Waals surface area contributed by atoms with Gasteiger partial charge in [-0.3, -0.25) is 14.9 Å². The van der Waals surface area contributed by atoms with E-state index < -0.39 is 4.92 Å². The third kappa shape index (κ3) is 3.08. The van der Waals surface area contributed by atoms with Gasteiger partial charge in [0.05, 0.1) is 24.3 Å². The second kappa shape index (κ2) is 6.30. The summed E-state index contributed by atoms with van der Waals surface area (Å²) in [6.07, 6.45) is 1.31. The normalized spacial score (nSPS) is 11.8. The fourth-order valence-corrected chi connectivity index (χ4v) is 2.25. The van der Waals surface area contributed by atoms with Crippen molar-refractivity contribution in [2.24, 2.45) is 7.05 Å². The number of nitrogens with one attached hydrogen (secondary N) is 1. The molecule has 7 heteroatoms. The van der Waals surface area contributed by atoms with Crippen molar-refractivity contribution < 1.29 is 14.5 Å². The van der Waals surface area contributed by atoms with Gasteiger partial charge >= 0.3 is 0 Å². The number of aromatic nitrogens is 1. The number of nitro groups is 1. The van der Waals surface area contributed by atoms with Gasteiger partial charge in [0, 0.05) is 18.7 Å². The molecule has 0 radical (unpaired) electrons. The molecule has 7 nitrogen and oxygen atoms in total. The number of carbonyl (C=O) groups is 1. The number of rotatable bonds is 5. The van der Waals surface area contributed by atoms with Gasteiger partial charge in [-0.25, -0.2) is 0 Å². The van der Waals surface area contributed by atoms with E-state index in [-0.39, 0.29) is 23.3 Å². The van der Waals surface area contributed by atoms with Crippen LogP contribution in [0.25, 0.3) is 0 Å². The summed E-state index contributed by atoms with van der Waals surface area (Å²) in [7, 11) is 3.16. The first-order chi connectivity index (χ1) is 10.4. The van der Waals surface area contributed by atoms with Crippen molar-refractivity contribution in [1.82, 2.24) is 9.88 Å².